The summed E-state index contributed by atoms with van der Waals surface area (Å²) in [5.41, 5.74) is 0.667. The van der Waals surface area contributed by atoms with Crippen LogP contribution in [0.15, 0.2) is 24.3 Å². The zero-order valence-electron chi connectivity index (χ0n) is 11.5. The molecule has 0 unspecified atom stereocenters. The first-order valence-electron chi connectivity index (χ1n) is 6.93. The Kier molecular flexibility index (Phi) is 5.36. The minimum absolute atomic E-state index is 0.0505. The maximum atomic E-state index is 11.5. The van der Waals surface area contributed by atoms with Gasteiger partial charge in [-0.15, -0.1) is 0 Å². The maximum absolute atomic E-state index is 11.5. The number of para-hydroxylation sites is 1. The second-order valence-corrected chi connectivity index (χ2v) is 4.85. The van der Waals surface area contributed by atoms with Crippen LogP contribution in [0.3, 0.4) is 0 Å². The van der Waals surface area contributed by atoms with Crippen LogP contribution in [0.1, 0.15) is 23.7 Å². The van der Waals surface area contributed by atoms with Crippen LogP contribution < -0.4 is 10.1 Å². The van der Waals surface area contributed by atoms with E-state index < -0.39 is 0 Å². The molecule has 0 bridgehead atoms. The molecule has 0 radical (unpaired) electrons. The van der Waals surface area contributed by atoms with Crippen LogP contribution >= 0.6 is 0 Å². The molecule has 104 valence electrons. The average molecular weight is 262 g/mol. The largest absolute Gasteiger partial charge is 0.491 e. The van der Waals surface area contributed by atoms with Gasteiger partial charge in [0.15, 0.2) is 5.78 Å². The Labute approximate surface area is 114 Å². The SMILES string of the molecule is CC(=O)c1ccccc1OCCN1CCCNCC1. The van der Waals surface area contributed by atoms with Crippen molar-refractivity contribution in [3.8, 4) is 5.75 Å². The van der Waals surface area contributed by atoms with E-state index >= 15 is 0 Å². The number of ether oxygens (including phenoxy) is 1. The second-order valence-electron chi connectivity index (χ2n) is 4.85. The van der Waals surface area contributed by atoms with Crippen LogP contribution in [0, 0.1) is 0 Å². The molecule has 0 atom stereocenters. The van der Waals surface area contributed by atoms with Crippen molar-refractivity contribution in [2.45, 2.75) is 13.3 Å². The third kappa shape index (κ3) is 4.33. The number of ketones is 1. The molecule has 0 saturated carbocycles. The highest BCUT2D eigenvalue weighted by atomic mass is 16.5. The van der Waals surface area contributed by atoms with E-state index in [1.807, 2.05) is 24.3 Å². The molecule has 1 aromatic rings. The van der Waals surface area contributed by atoms with Gasteiger partial charge in [0.05, 0.1) is 5.56 Å². The van der Waals surface area contributed by atoms with Gasteiger partial charge in [0.25, 0.3) is 0 Å². The zero-order chi connectivity index (χ0) is 13.5. The van der Waals surface area contributed by atoms with Crippen molar-refractivity contribution in [3.05, 3.63) is 29.8 Å². The first-order chi connectivity index (χ1) is 9.27. The van der Waals surface area contributed by atoms with E-state index in [-0.39, 0.29) is 5.78 Å². The standard InChI is InChI=1S/C15H22N2O2/c1-13(18)14-5-2-3-6-15(14)19-12-11-17-9-4-7-16-8-10-17/h2-3,5-6,16H,4,7-12H2,1H3. The van der Waals surface area contributed by atoms with E-state index in [1.165, 1.54) is 6.42 Å². The highest BCUT2D eigenvalue weighted by molar-refractivity contribution is 5.96. The number of rotatable bonds is 5. The fourth-order valence-corrected chi connectivity index (χ4v) is 2.29. The average Bonchev–Trinajstić information content (AvgIpc) is 2.68. The highest BCUT2D eigenvalue weighted by Gasteiger charge is 2.10. The Morgan fingerprint density at radius 2 is 2.16 bits per heavy atom. The van der Waals surface area contributed by atoms with E-state index in [1.54, 1.807) is 6.92 Å². The summed E-state index contributed by atoms with van der Waals surface area (Å²) in [5.74, 6) is 0.748. The van der Waals surface area contributed by atoms with Crippen molar-refractivity contribution in [3.63, 3.8) is 0 Å². The van der Waals surface area contributed by atoms with Crippen molar-refractivity contribution < 1.29 is 9.53 Å². The van der Waals surface area contributed by atoms with Crippen molar-refractivity contribution in [2.75, 3.05) is 39.3 Å². The van der Waals surface area contributed by atoms with Gasteiger partial charge in [-0.1, -0.05) is 12.1 Å². The first kappa shape index (κ1) is 14.0. The predicted molar refractivity (Wildman–Crippen MR) is 75.9 cm³/mol. The summed E-state index contributed by atoms with van der Waals surface area (Å²) in [7, 11) is 0. The van der Waals surface area contributed by atoms with Crippen molar-refractivity contribution in [1.29, 1.82) is 0 Å². The van der Waals surface area contributed by atoms with E-state index in [9.17, 15) is 4.79 Å². The second kappa shape index (κ2) is 7.26. The topological polar surface area (TPSA) is 41.6 Å². The minimum Gasteiger partial charge on any atom is -0.491 e. The Morgan fingerprint density at radius 1 is 1.32 bits per heavy atom. The molecule has 4 heteroatoms. The smallest absolute Gasteiger partial charge is 0.163 e. The van der Waals surface area contributed by atoms with E-state index in [0.717, 1.165) is 32.7 Å². The van der Waals surface area contributed by atoms with Gasteiger partial charge in [0, 0.05) is 19.6 Å². The van der Waals surface area contributed by atoms with E-state index in [0.29, 0.717) is 17.9 Å². The molecule has 1 aliphatic rings. The molecule has 0 spiro atoms. The molecule has 1 fully saturated rings. The van der Waals surface area contributed by atoms with Crippen LogP contribution in [-0.4, -0.2) is 50.0 Å². The Bertz CT molecular complexity index is 412. The lowest BCUT2D eigenvalue weighted by Gasteiger charge is -2.19. The van der Waals surface area contributed by atoms with Crippen LogP contribution in [0.2, 0.25) is 0 Å². The van der Waals surface area contributed by atoms with Gasteiger partial charge in [0.2, 0.25) is 0 Å². The van der Waals surface area contributed by atoms with Crippen molar-refractivity contribution in [1.82, 2.24) is 10.2 Å². The van der Waals surface area contributed by atoms with Gasteiger partial charge < -0.3 is 10.1 Å². The molecule has 0 aliphatic carbocycles. The molecule has 1 heterocycles. The number of carbonyl (C=O) groups excluding carboxylic acids is 1. The summed E-state index contributed by atoms with van der Waals surface area (Å²) >= 11 is 0. The van der Waals surface area contributed by atoms with E-state index in [4.69, 9.17) is 4.74 Å². The van der Waals surface area contributed by atoms with Crippen LogP contribution in [0.4, 0.5) is 0 Å². The molecular weight excluding hydrogens is 240 g/mol. The Morgan fingerprint density at radius 3 is 3.00 bits per heavy atom. The molecule has 0 amide bonds. The van der Waals surface area contributed by atoms with Gasteiger partial charge in [-0.25, -0.2) is 0 Å². The monoisotopic (exact) mass is 262 g/mol. The molecule has 1 saturated heterocycles. The number of hydrogen-bond donors (Lipinski definition) is 1. The number of hydrogen-bond acceptors (Lipinski definition) is 4. The summed E-state index contributed by atoms with van der Waals surface area (Å²) in [6.45, 7) is 7.44. The third-order valence-electron chi connectivity index (χ3n) is 3.36. The lowest BCUT2D eigenvalue weighted by atomic mass is 10.1. The van der Waals surface area contributed by atoms with Crippen molar-refractivity contribution >= 4 is 5.78 Å². The fraction of sp³-hybridized carbons (Fsp3) is 0.533. The summed E-state index contributed by atoms with van der Waals surface area (Å²) in [4.78, 5) is 13.9. The number of benzene rings is 1. The van der Waals surface area contributed by atoms with Gasteiger partial charge in [-0.3, -0.25) is 9.69 Å². The summed E-state index contributed by atoms with van der Waals surface area (Å²) in [6, 6.07) is 7.44. The van der Waals surface area contributed by atoms with Gasteiger partial charge in [-0.2, -0.15) is 0 Å². The first-order valence-corrected chi connectivity index (χ1v) is 6.93. The third-order valence-corrected chi connectivity index (χ3v) is 3.36. The summed E-state index contributed by atoms with van der Waals surface area (Å²) < 4.78 is 5.76. The molecular formula is C15H22N2O2. The zero-order valence-corrected chi connectivity index (χ0v) is 11.5. The molecule has 1 aromatic carbocycles. The maximum Gasteiger partial charge on any atom is 0.163 e. The predicted octanol–water partition coefficient (Wildman–Crippen LogP) is 1.56. The number of Topliss-reactive ketones (excluding diaryl/α,β-unsaturated/α-hetero) is 1. The molecule has 1 aliphatic heterocycles. The van der Waals surface area contributed by atoms with Gasteiger partial charge in [-0.05, 0) is 38.6 Å². The fourth-order valence-electron chi connectivity index (χ4n) is 2.29. The van der Waals surface area contributed by atoms with Crippen LogP contribution in [0.25, 0.3) is 0 Å². The van der Waals surface area contributed by atoms with E-state index in [2.05, 4.69) is 10.2 Å². The normalized spacial score (nSPS) is 16.9. The summed E-state index contributed by atoms with van der Waals surface area (Å²) in [6.07, 6.45) is 1.18. The molecule has 2 rings (SSSR count). The molecule has 1 N–H and O–H groups in total. The quantitative estimate of drug-likeness (QED) is 0.818. The Balaban J connectivity index is 1.83. The highest BCUT2D eigenvalue weighted by Crippen LogP contribution is 2.18. The molecule has 0 aromatic heterocycles. The lowest BCUT2D eigenvalue weighted by Crippen LogP contribution is -2.32. The Hall–Kier alpha value is -1.39. The minimum atomic E-state index is 0.0505. The number of nitrogens with zero attached hydrogens (tertiary/aromatic N) is 1. The lowest BCUT2D eigenvalue weighted by molar-refractivity contribution is 0.101. The number of nitrogens with one attached hydrogen (secondary N) is 1. The molecule has 19 heavy (non-hydrogen) atoms. The van der Waals surface area contributed by atoms with Crippen LogP contribution in [0.5, 0.6) is 5.75 Å². The van der Waals surface area contributed by atoms with Crippen LogP contribution in [-0.2, 0) is 0 Å². The van der Waals surface area contributed by atoms with Gasteiger partial charge >= 0.3 is 0 Å². The van der Waals surface area contributed by atoms with Crippen molar-refractivity contribution in [2.24, 2.45) is 0 Å². The molecule has 4 nitrogen and oxygen atoms in total. The van der Waals surface area contributed by atoms with Gasteiger partial charge in [0.1, 0.15) is 12.4 Å². The summed E-state index contributed by atoms with van der Waals surface area (Å²) in [5, 5.41) is 3.38. The number of carbonyl (C=O) groups is 1.